The lowest BCUT2D eigenvalue weighted by Gasteiger charge is -2.16. The second-order valence-electron chi connectivity index (χ2n) is 4.75. The van der Waals surface area contributed by atoms with Crippen molar-refractivity contribution >= 4 is 11.6 Å². The molecule has 1 unspecified atom stereocenters. The van der Waals surface area contributed by atoms with E-state index in [-0.39, 0.29) is 5.91 Å². The highest BCUT2D eigenvalue weighted by molar-refractivity contribution is 5.76. The van der Waals surface area contributed by atoms with Crippen LogP contribution in [-0.2, 0) is 11.3 Å². The molecule has 2 N–H and O–H groups in total. The molecule has 94 valence electrons. The molecule has 0 bridgehead atoms. The molecule has 0 aromatic carbocycles. The number of amides is 1. The SMILES string of the molecule is CCCC1CCN(C(=O)Cn2cc(N)cn2)C1. The lowest BCUT2D eigenvalue weighted by atomic mass is 10.0. The summed E-state index contributed by atoms with van der Waals surface area (Å²) in [5, 5.41) is 4.03. The first kappa shape index (κ1) is 12.0. The van der Waals surface area contributed by atoms with Gasteiger partial charge < -0.3 is 10.6 Å². The Labute approximate surface area is 102 Å². The van der Waals surface area contributed by atoms with Crippen LogP contribution in [0.2, 0.25) is 0 Å². The van der Waals surface area contributed by atoms with Gasteiger partial charge in [-0.05, 0) is 18.8 Å². The van der Waals surface area contributed by atoms with Crippen molar-refractivity contribution in [2.24, 2.45) is 5.92 Å². The molecule has 1 aliphatic heterocycles. The molecule has 5 nitrogen and oxygen atoms in total. The molecular weight excluding hydrogens is 216 g/mol. The van der Waals surface area contributed by atoms with E-state index in [2.05, 4.69) is 12.0 Å². The molecule has 0 saturated carbocycles. The van der Waals surface area contributed by atoms with Gasteiger partial charge >= 0.3 is 0 Å². The van der Waals surface area contributed by atoms with Crippen LogP contribution in [0.1, 0.15) is 26.2 Å². The number of nitrogens with two attached hydrogens (primary N) is 1. The zero-order valence-electron chi connectivity index (χ0n) is 10.3. The number of aromatic nitrogens is 2. The van der Waals surface area contributed by atoms with Gasteiger partial charge in [-0.1, -0.05) is 13.3 Å². The maximum Gasteiger partial charge on any atom is 0.244 e. The molecule has 2 heterocycles. The molecular formula is C12H20N4O. The molecule has 1 aromatic rings. The molecule has 5 heteroatoms. The van der Waals surface area contributed by atoms with Gasteiger partial charge in [-0.15, -0.1) is 0 Å². The highest BCUT2D eigenvalue weighted by atomic mass is 16.2. The number of likely N-dealkylation sites (tertiary alicyclic amines) is 1. The Morgan fingerprint density at radius 3 is 3.12 bits per heavy atom. The Hall–Kier alpha value is -1.52. The van der Waals surface area contributed by atoms with Crippen LogP contribution in [-0.4, -0.2) is 33.7 Å². The Kier molecular flexibility index (Phi) is 3.66. The predicted molar refractivity (Wildman–Crippen MR) is 66.2 cm³/mol. The Balaban J connectivity index is 1.85. The topological polar surface area (TPSA) is 64.2 Å². The second-order valence-corrected chi connectivity index (χ2v) is 4.75. The quantitative estimate of drug-likeness (QED) is 0.851. The number of nitrogens with zero attached hydrogens (tertiary/aromatic N) is 3. The number of hydrogen-bond donors (Lipinski definition) is 1. The first-order valence-corrected chi connectivity index (χ1v) is 6.24. The van der Waals surface area contributed by atoms with Gasteiger partial charge in [0, 0.05) is 19.3 Å². The number of carbonyl (C=O) groups is 1. The summed E-state index contributed by atoms with van der Waals surface area (Å²) >= 11 is 0. The van der Waals surface area contributed by atoms with Crippen molar-refractivity contribution in [3.05, 3.63) is 12.4 Å². The van der Waals surface area contributed by atoms with Crippen molar-refractivity contribution in [3.8, 4) is 0 Å². The summed E-state index contributed by atoms with van der Waals surface area (Å²) in [6, 6.07) is 0. The first-order valence-electron chi connectivity index (χ1n) is 6.24. The van der Waals surface area contributed by atoms with Gasteiger partial charge in [0.25, 0.3) is 0 Å². The van der Waals surface area contributed by atoms with Gasteiger partial charge in [0.15, 0.2) is 0 Å². The normalized spacial score (nSPS) is 19.8. The third kappa shape index (κ3) is 2.99. The predicted octanol–water partition coefficient (Wildman–Crippen LogP) is 1.11. The van der Waals surface area contributed by atoms with E-state index in [1.165, 1.54) is 12.8 Å². The van der Waals surface area contributed by atoms with E-state index in [1.54, 1.807) is 17.1 Å². The molecule has 0 spiro atoms. The fourth-order valence-corrected chi connectivity index (χ4v) is 2.41. The van der Waals surface area contributed by atoms with Crippen LogP contribution in [0.25, 0.3) is 0 Å². The number of anilines is 1. The van der Waals surface area contributed by atoms with Crippen LogP contribution in [0.5, 0.6) is 0 Å². The minimum atomic E-state index is 0.145. The van der Waals surface area contributed by atoms with Gasteiger partial charge in [0.05, 0.1) is 11.9 Å². The summed E-state index contributed by atoms with van der Waals surface area (Å²) in [4.78, 5) is 13.9. The van der Waals surface area contributed by atoms with Crippen LogP contribution in [0.15, 0.2) is 12.4 Å². The third-order valence-corrected chi connectivity index (χ3v) is 3.29. The zero-order chi connectivity index (χ0) is 12.3. The summed E-state index contributed by atoms with van der Waals surface area (Å²) in [6.07, 6.45) is 6.82. The van der Waals surface area contributed by atoms with Crippen LogP contribution >= 0.6 is 0 Å². The van der Waals surface area contributed by atoms with E-state index in [0.717, 1.165) is 19.5 Å². The average molecular weight is 236 g/mol. The highest BCUT2D eigenvalue weighted by Crippen LogP contribution is 2.21. The standard InChI is InChI=1S/C12H20N4O/c1-2-3-10-4-5-15(7-10)12(17)9-16-8-11(13)6-14-16/h6,8,10H,2-5,7,9,13H2,1H3. The minimum absolute atomic E-state index is 0.145. The van der Waals surface area contributed by atoms with Crippen molar-refractivity contribution in [1.82, 2.24) is 14.7 Å². The largest absolute Gasteiger partial charge is 0.396 e. The summed E-state index contributed by atoms with van der Waals surface area (Å²) in [5.41, 5.74) is 6.16. The fraction of sp³-hybridized carbons (Fsp3) is 0.667. The summed E-state index contributed by atoms with van der Waals surface area (Å²) in [7, 11) is 0. The summed E-state index contributed by atoms with van der Waals surface area (Å²) in [5.74, 6) is 0.832. The van der Waals surface area contributed by atoms with Crippen molar-refractivity contribution in [3.63, 3.8) is 0 Å². The molecule has 1 aromatic heterocycles. The van der Waals surface area contributed by atoms with Crippen molar-refractivity contribution in [2.45, 2.75) is 32.7 Å². The van der Waals surface area contributed by atoms with E-state index in [4.69, 9.17) is 5.73 Å². The molecule has 17 heavy (non-hydrogen) atoms. The number of carbonyl (C=O) groups excluding carboxylic acids is 1. The van der Waals surface area contributed by atoms with Crippen LogP contribution < -0.4 is 5.73 Å². The molecule has 1 aliphatic rings. The van der Waals surface area contributed by atoms with Crippen molar-refractivity contribution in [2.75, 3.05) is 18.8 Å². The number of rotatable bonds is 4. The van der Waals surface area contributed by atoms with Crippen LogP contribution in [0.3, 0.4) is 0 Å². The molecule has 1 fully saturated rings. The molecule has 2 rings (SSSR count). The maximum absolute atomic E-state index is 12.0. The highest BCUT2D eigenvalue weighted by Gasteiger charge is 2.25. The van der Waals surface area contributed by atoms with Crippen molar-refractivity contribution < 1.29 is 4.79 Å². The molecule has 0 radical (unpaired) electrons. The molecule has 1 saturated heterocycles. The molecule has 1 amide bonds. The van der Waals surface area contributed by atoms with Crippen LogP contribution in [0.4, 0.5) is 5.69 Å². The second kappa shape index (κ2) is 5.21. The van der Waals surface area contributed by atoms with Gasteiger partial charge in [-0.25, -0.2) is 0 Å². The lowest BCUT2D eigenvalue weighted by Crippen LogP contribution is -2.32. The van der Waals surface area contributed by atoms with Gasteiger partial charge in [-0.2, -0.15) is 5.10 Å². The van der Waals surface area contributed by atoms with Gasteiger partial charge in [0.2, 0.25) is 5.91 Å². The molecule has 1 atom stereocenters. The average Bonchev–Trinajstić information content (AvgIpc) is 2.88. The number of nitrogen functional groups attached to an aromatic ring is 1. The van der Waals surface area contributed by atoms with Gasteiger partial charge in [-0.3, -0.25) is 9.48 Å². The summed E-state index contributed by atoms with van der Waals surface area (Å²) < 4.78 is 1.60. The molecule has 0 aliphatic carbocycles. The Morgan fingerprint density at radius 1 is 1.65 bits per heavy atom. The first-order chi connectivity index (χ1) is 8.19. The monoisotopic (exact) mass is 236 g/mol. The van der Waals surface area contributed by atoms with E-state index < -0.39 is 0 Å². The summed E-state index contributed by atoms with van der Waals surface area (Å²) in [6.45, 7) is 4.29. The van der Waals surface area contributed by atoms with E-state index in [1.807, 2.05) is 4.90 Å². The smallest absolute Gasteiger partial charge is 0.244 e. The zero-order valence-corrected chi connectivity index (χ0v) is 10.3. The Bertz CT molecular complexity index is 388. The number of hydrogen-bond acceptors (Lipinski definition) is 3. The lowest BCUT2D eigenvalue weighted by molar-refractivity contribution is -0.131. The van der Waals surface area contributed by atoms with E-state index >= 15 is 0 Å². The third-order valence-electron chi connectivity index (χ3n) is 3.29. The van der Waals surface area contributed by atoms with E-state index in [0.29, 0.717) is 18.2 Å². The maximum atomic E-state index is 12.0. The Morgan fingerprint density at radius 2 is 2.47 bits per heavy atom. The minimum Gasteiger partial charge on any atom is -0.396 e. The van der Waals surface area contributed by atoms with E-state index in [9.17, 15) is 4.79 Å². The van der Waals surface area contributed by atoms with Gasteiger partial charge in [0.1, 0.15) is 6.54 Å². The van der Waals surface area contributed by atoms with Crippen molar-refractivity contribution in [1.29, 1.82) is 0 Å². The van der Waals surface area contributed by atoms with Crippen LogP contribution in [0, 0.1) is 5.92 Å². The fourth-order valence-electron chi connectivity index (χ4n) is 2.41.